The van der Waals surface area contributed by atoms with Gasteiger partial charge in [0.25, 0.3) is 0 Å². The fourth-order valence-electron chi connectivity index (χ4n) is 1.84. The predicted octanol–water partition coefficient (Wildman–Crippen LogP) is 4.00. The molecule has 2 unspecified atom stereocenters. The molecule has 0 aromatic carbocycles. The lowest BCUT2D eigenvalue weighted by Gasteiger charge is -2.20. The average Bonchev–Trinajstić information content (AvgIpc) is 2.26. The fourth-order valence-corrected chi connectivity index (χ4v) is 2.25. The molecule has 0 aromatic heterocycles. The molecule has 0 aliphatic heterocycles. The van der Waals surface area contributed by atoms with Gasteiger partial charge in [-0.3, -0.25) is 0 Å². The Balaban J connectivity index is 3.62. The van der Waals surface area contributed by atoms with Crippen molar-refractivity contribution in [2.75, 3.05) is 0 Å². The van der Waals surface area contributed by atoms with E-state index >= 15 is 0 Å². The minimum Gasteiger partial charge on any atom is -0.360 e. The third-order valence-corrected chi connectivity index (χ3v) is 3.22. The Hall–Kier alpha value is -0.310. The molecule has 3 heteroatoms. The summed E-state index contributed by atoms with van der Waals surface area (Å²) in [7, 11) is 0. The van der Waals surface area contributed by atoms with Crippen molar-refractivity contribution in [3.05, 3.63) is 0 Å². The molecule has 0 aliphatic rings. The van der Waals surface area contributed by atoms with E-state index in [-0.39, 0.29) is 0 Å². The number of rotatable bonds is 9. The van der Waals surface area contributed by atoms with Crippen molar-refractivity contribution < 1.29 is 0 Å². The number of nitrogens with one attached hydrogen (secondary N) is 2. The lowest BCUT2D eigenvalue weighted by atomic mass is 10.1. The molecule has 0 saturated carbocycles. The largest absolute Gasteiger partial charge is 0.360 e. The van der Waals surface area contributed by atoms with E-state index in [1.165, 1.54) is 44.9 Å². The van der Waals surface area contributed by atoms with E-state index in [1.54, 1.807) is 0 Å². The minimum atomic E-state index is 0.484. The van der Waals surface area contributed by atoms with Crippen molar-refractivity contribution in [2.45, 2.75) is 84.7 Å². The molecule has 0 bridgehead atoms. The first-order chi connectivity index (χ1) is 8.10. The first-order valence-electron chi connectivity index (χ1n) is 7.17. The van der Waals surface area contributed by atoms with Crippen LogP contribution in [0.5, 0.6) is 0 Å². The van der Waals surface area contributed by atoms with Gasteiger partial charge in [-0.2, -0.15) is 0 Å². The van der Waals surface area contributed by atoms with E-state index in [4.69, 9.17) is 12.2 Å². The molecule has 0 saturated heterocycles. The zero-order valence-electron chi connectivity index (χ0n) is 12.0. The van der Waals surface area contributed by atoms with Crippen LogP contribution in [0.2, 0.25) is 0 Å². The third kappa shape index (κ3) is 10.6. The molecule has 0 radical (unpaired) electrons. The molecule has 102 valence electrons. The van der Waals surface area contributed by atoms with Crippen molar-refractivity contribution >= 4 is 17.3 Å². The Bertz CT molecular complexity index is 195. The van der Waals surface area contributed by atoms with Gasteiger partial charge in [-0.05, 0) is 38.9 Å². The maximum atomic E-state index is 5.31. The van der Waals surface area contributed by atoms with E-state index < -0.39 is 0 Å². The number of hydrogen-bond acceptors (Lipinski definition) is 1. The normalized spacial score (nSPS) is 14.1. The maximum Gasteiger partial charge on any atom is 0.166 e. The van der Waals surface area contributed by atoms with Crippen molar-refractivity contribution in [3.8, 4) is 0 Å². The molecular formula is C14H30N2S. The van der Waals surface area contributed by atoms with Gasteiger partial charge in [0.05, 0.1) is 0 Å². The topological polar surface area (TPSA) is 24.1 Å². The average molecular weight is 258 g/mol. The Morgan fingerprint density at radius 1 is 0.882 bits per heavy atom. The van der Waals surface area contributed by atoms with Gasteiger partial charge in [0.1, 0.15) is 0 Å². The molecule has 2 atom stereocenters. The first kappa shape index (κ1) is 16.7. The molecular weight excluding hydrogens is 228 g/mol. The molecule has 0 fully saturated rings. The molecule has 2 N–H and O–H groups in total. The van der Waals surface area contributed by atoms with Gasteiger partial charge in [0.2, 0.25) is 0 Å². The summed E-state index contributed by atoms with van der Waals surface area (Å²) in [6.45, 7) is 8.87. The molecule has 0 aliphatic carbocycles. The van der Waals surface area contributed by atoms with Crippen LogP contribution < -0.4 is 10.6 Å². The lowest BCUT2D eigenvalue weighted by molar-refractivity contribution is 0.530. The van der Waals surface area contributed by atoms with Gasteiger partial charge in [0, 0.05) is 12.1 Å². The second kappa shape index (κ2) is 10.8. The van der Waals surface area contributed by atoms with E-state index in [0.29, 0.717) is 12.1 Å². The summed E-state index contributed by atoms with van der Waals surface area (Å²) in [5.41, 5.74) is 0. The maximum absolute atomic E-state index is 5.31. The summed E-state index contributed by atoms with van der Waals surface area (Å²) in [6, 6.07) is 0.970. The van der Waals surface area contributed by atoms with Crippen LogP contribution in [0.4, 0.5) is 0 Å². The van der Waals surface area contributed by atoms with Crippen molar-refractivity contribution in [1.82, 2.24) is 10.6 Å². The van der Waals surface area contributed by atoms with Gasteiger partial charge >= 0.3 is 0 Å². The number of hydrogen-bond donors (Lipinski definition) is 2. The zero-order chi connectivity index (χ0) is 13.1. The van der Waals surface area contributed by atoms with Crippen LogP contribution in [0, 0.1) is 0 Å². The summed E-state index contributed by atoms with van der Waals surface area (Å²) in [5.74, 6) is 0. The molecule has 0 rings (SSSR count). The van der Waals surface area contributed by atoms with Crippen molar-refractivity contribution in [3.63, 3.8) is 0 Å². The second-order valence-corrected chi connectivity index (χ2v) is 5.47. The van der Waals surface area contributed by atoms with Gasteiger partial charge in [-0.15, -0.1) is 0 Å². The highest BCUT2D eigenvalue weighted by molar-refractivity contribution is 7.80. The smallest absolute Gasteiger partial charge is 0.166 e. The standard InChI is InChI=1S/C14H30N2S/c1-5-7-9-11-13(4)16-14(17)15-12(3)10-8-6-2/h12-13H,5-11H2,1-4H3,(H2,15,16,17). The van der Waals surface area contributed by atoms with Crippen LogP contribution in [0.1, 0.15) is 72.6 Å². The van der Waals surface area contributed by atoms with Crippen LogP contribution in [-0.4, -0.2) is 17.2 Å². The molecule has 0 spiro atoms. The van der Waals surface area contributed by atoms with Gasteiger partial charge in [-0.25, -0.2) is 0 Å². The SMILES string of the molecule is CCCCCC(C)NC(=S)NC(C)CCCC. The van der Waals surface area contributed by atoms with Crippen molar-refractivity contribution in [1.29, 1.82) is 0 Å². The van der Waals surface area contributed by atoms with Crippen LogP contribution in [0.25, 0.3) is 0 Å². The second-order valence-electron chi connectivity index (χ2n) is 5.06. The Morgan fingerprint density at radius 2 is 1.35 bits per heavy atom. The molecule has 2 nitrogen and oxygen atoms in total. The molecule has 17 heavy (non-hydrogen) atoms. The summed E-state index contributed by atoms with van der Waals surface area (Å²) < 4.78 is 0. The Kier molecular flexibility index (Phi) is 10.6. The summed E-state index contributed by atoms with van der Waals surface area (Å²) in [4.78, 5) is 0. The minimum absolute atomic E-state index is 0.484. The quantitative estimate of drug-likeness (QED) is 0.483. The Labute approximate surface area is 113 Å². The van der Waals surface area contributed by atoms with E-state index in [9.17, 15) is 0 Å². The Morgan fingerprint density at radius 3 is 1.82 bits per heavy atom. The first-order valence-corrected chi connectivity index (χ1v) is 7.58. The monoisotopic (exact) mass is 258 g/mol. The highest BCUT2D eigenvalue weighted by Crippen LogP contribution is 2.03. The highest BCUT2D eigenvalue weighted by atomic mass is 32.1. The van der Waals surface area contributed by atoms with E-state index in [1.807, 2.05) is 0 Å². The van der Waals surface area contributed by atoms with Gasteiger partial charge in [0.15, 0.2) is 5.11 Å². The third-order valence-electron chi connectivity index (χ3n) is 2.99. The summed E-state index contributed by atoms with van der Waals surface area (Å²) >= 11 is 5.31. The summed E-state index contributed by atoms with van der Waals surface area (Å²) in [5, 5.41) is 7.54. The predicted molar refractivity (Wildman–Crippen MR) is 81.5 cm³/mol. The summed E-state index contributed by atoms with van der Waals surface area (Å²) in [6.07, 6.45) is 8.81. The van der Waals surface area contributed by atoms with Crippen molar-refractivity contribution in [2.24, 2.45) is 0 Å². The number of thiocarbonyl (C=S) groups is 1. The molecule has 0 aromatic rings. The van der Waals surface area contributed by atoms with Gasteiger partial charge < -0.3 is 10.6 Å². The molecule has 0 heterocycles. The van der Waals surface area contributed by atoms with Gasteiger partial charge in [-0.1, -0.05) is 46.0 Å². The lowest BCUT2D eigenvalue weighted by Crippen LogP contribution is -2.44. The molecule has 0 amide bonds. The highest BCUT2D eigenvalue weighted by Gasteiger charge is 2.06. The fraction of sp³-hybridized carbons (Fsp3) is 0.929. The van der Waals surface area contributed by atoms with Crippen LogP contribution >= 0.6 is 12.2 Å². The van der Waals surface area contributed by atoms with E-state index in [0.717, 1.165) is 5.11 Å². The van der Waals surface area contributed by atoms with Crippen LogP contribution in [0.3, 0.4) is 0 Å². The zero-order valence-corrected chi connectivity index (χ0v) is 12.8. The van der Waals surface area contributed by atoms with Crippen LogP contribution in [-0.2, 0) is 0 Å². The number of unbranched alkanes of at least 4 members (excludes halogenated alkanes) is 3. The van der Waals surface area contributed by atoms with E-state index in [2.05, 4.69) is 38.3 Å². The van der Waals surface area contributed by atoms with Crippen LogP contribution in [0.15, 0.2) is 0 Å².